The zero-order valence-electron chi connectivity index (χ0n) is 16.6. The second kappa shape index (κ2) is 9.07. The molecule has 11 nitrogen and oxygen atoms in total. The molecule has 1 fully saturated rings. The highest BCUT2D eigenvalue weighted by Crippen LogP contribution is 2.20. The normalized spacial score (nSPS) is 16.6. The number of halogens is 3. The van der Waals surface area contributed by atoms with Crippen LogP contribution in [0.4, 0.5) is 18.0 Å². The van der Waals surface area contributed by atoms with Crippen LogP contribution in [0.2, 0.25) is 0 Å². The summed E-state index contributed by atoms with van der Waals surface area (Å²) in [7, 11) is -9.47. The molecule has 1 N–H and O–H groups in total. The number of carbonyl (C=O) groups is 1. The maximum Gasteiger partial charge on any atom is 0.522 e. The van der Waals surface area contributed by atoms with Crippen molar-refractivity contribution in [2.75, 3.05) is 26.2 Å². The highest BCUT2D eigenvalue weighted by molar-refractivity contribution is 7.87. The minimum Gasteiger partial charge on any atom is -0.444 e. The maximum atomic E-state index is 12.5. The van der Waals surface area contributed by atoms with Crippen molar-refractivity contribution in [2.24, 2.45) is 0 Å². The van der Waals surface area contributed by atoms with Gasteiger partial charge in [-0.2, -0.15) is 34.3 Å². The molecule has 0 atom stereocenters. The molecular weight excluding hydrogens is 457 g/mol. The van der Waals surface area contributed by atoms with Crippen LogP contribution in [0.3, 0.4) is 0 Å². The summed E-state index contributed by atoms with van der Waals surface area (Å²) < 4.78 is 90.3. The van der Waals surface area contributed by atoms with Gasteiger partial charge in [0.15, 0.2) is 0 Å². The topological polar surface area (TPSA) is 139 Å². The summed E-state index contributed by atoms with van der Waals surface area (Å²) >= 11 is 0. The van der Waals surface area contributed by atoms with E-state index in [4.69, 9.17) is 17.7 Å². The van der Waals surface area contributed by atoms with Crippen LogP contribution in [0.1, 0.15) is 26.6 Å². The Labute approximate surface area is 172 Å². The van der Waals surface area contributed by atoms with Gasteiger partial charge in [-0.15, -0.1) is 0 Å². The molecule has 0 unspecified atom stereocenters. The number of aryl methyl sites for hydroxylation is 1. The molecule has 174 valence electrons. The van der Waals surface area contributed by atoms with Crippen molar-refractivity contribution in [3.63, 3.8) is 0 Å². The van der Waals surface area contributed by atoms with Crippen LogP contribution in [0.25, 0.3) is 0 Å². The lowest BCUT2D eigenvalue weighted by Crippen LogP contribution is -2.52. The molecule has 0 bridgehead atoms. The van der Waals surface area contributed by atoms with Crippen molar-refractivity contribution in [3.05, 3.63) is 18.2 Å². The molecule has 0 aromatic carbocycles. The number of hydrogen-bond acceptors (Lipinski definition) is 7. The largest absolute Gasteiger partial charge is 0.522 e. The Morgan fingerprint density at radius 1 is 1.10 bits per heavy atom. The van der Waals surface area contributed by atoms with Crippen LogP contribution >= 0.6 is 0 Å². The average Bonchev–Trinajstić information content (AvgIpc) is 2.99. The fourth-order valence-electron chi connectivity index (χ4n) is 2.16. The Hall–Kier alpha value is -1.91. The Kier molecular flexibility index (Phi) is 7.90. The number of nitrogens with zero attached hydrogens (tertiary/aromatic N) is 4. The molecule has 1 aliphatic rings. The van der Waals surface area contributed by atoms with Gasteiger partial charge in [0.2, 0.25) is 0 Å². The standard InChI is InChI=1S/C13H22N4O4S.CHF3O3S/c1-11-14-5-6-17(11)22(19,20)16-9-7-15(8-10-16)12(18)21-13(2,3)4;2-1(3,4)8(5,6)7/h5-6H,7-10H2,1-4H3;(H,5,6,7). The number of aromatic nitrogens is 2. The molecule has 0 saturated carbocycles. The molecule has 2 heterocycles. The summed E-state index contributed by atoms with van der Waals surface area (Å²) in [6.45, 7) is 8.12. The zero-order chi connectivity index (χ0) is 23.5. The van der Waals surface area contributed by atoms with E-state index in [0.29, 0.717) is 18.9 Å². The van der Waals surface area contributed by atoms with Gasteiger partial charge in [-0.1, -0.05) is 0 Å². The monoisotopic (exact) mass is 480 g/mol. The molecule has 0 spiro atoms. The van der Waals surface area contributed by atoms with E-state index < -0.39 is 37.5 Å². The Morgan fingerprint density at radius 2 is 1.57 bits per heavy atom. The summed E-state index contributed by atoms with van der Waals surface area (Å²) in [5.74, 6) is 0.412. The molecule has 2 rings (SSSR count). The molecular formula is C14H23F3N4O7S2. The predicted octanol–water partition coefficient (Wildman–Crippen LogP) is 1.23. The minimum absolute atomic E-state index is 0.235. The number of amides is 1. The number of ether oxygens (including phenoxy) is 1. The van der Waals surface area contributed by atoms with Gasteiger partial charge in [-0.05, 0) is 27.7 Å². The lowest BCUT2D eigenvalue weighted by molar-refractivity contribution is -0.0510. The summed E-state index contributed by atoms with van der Waals surface area (Å²) in [6, 6.07) is 0. The summed E-state index contributed by atoms with van der Waals surface area (Å²) in [5, 5.41) is 0. The Balaban J connectivity index is 0.000000479. The molecule has 0 aliphatic carbocycles. The number of alkyl halides is 3. The number of rotatable bonds is 2. The highest BCUT2D eigenvalue weighted by Gasteiger charge is 2.44. The number of piperazine rings is 1. The molecule has 1 aromatic rings. The molecule has 16 heteroatoms. The number of hydrogen-bond donors (Lipinski definition) is 1. The quantitative estimate of drug-likeness (QED) is 0.493. The van der Waals surface area contributed by atoms with Crippen LogP contribution in [-0.2, 0) is 25.1 Å². The first-order chi connectivity index (χ1) is 13.4. The van der Waals surface area contributed by atoms with E-state index in [-0.39, 0.29) is 13.1 Å². The van der Waals surface area contributed by atoms with Gasteiger partial charge >= 0.3 is 31.9 Å². The van der Waals surface area contributed by atoms with Crippen LogP contribution in [-0.4, -0.2) is 82.9 Å². The summed E-state index contributed by atoms with van der Waals surface area (Å²) in [6.07, 6.45) is 2.46. The van der Waals surface area contributed by atoms with Crippen molar-refractivity contribution in [2.45, 2.75) is 38.8 Å². The first-order valence-electron chi connectivity index (χ1n) is 8.38. The van der Waals surface area contributed by atoms with E-state index >= 15 is 0 Å². The van der Waals surface area contributed by atoms with E-state index in [0.717, 1.165) is 3.97 Å². The Bertz CT molecular complexity index is 945. The van der Waals surface area contributed by atoms with Gasteiger partial charge in [0.25, 0.3) is 0 Å². The third-order valence-electron chi connectivity index (χ3n) is 3.54. The van der Waals surface area contributed by atoms with Gasteiger partial charge in [-0.25, -0.2) is 13.8 Å². The summed E-state index contributed by atoms with van der Waals surface area (Å²) in [5.41, 5.74) is -6.10. The molecule has 30 heavy (non-hydrogen) atoms. The molecule has 1 amide bonds. The SMILES string of the molecule is Cc1nccn1S(=O)(=O)N1CCN(C(=O)OC(C)(C)C)CC1.O=S(=O)(O)C(F)(F)F. The molecule has 0 radical (unpaired) electrons. The third-order valence-corrected chi connectivity index (χ3v) is 6.03. The number of imidazole rings is 1. The second-order valence-corrected chi connectivity index (χ2v) is 10.3. The first-order valence-corrected chi connectivity index (χ1v) is 11.2. The van der Waals surface area contributed by atoms with Crippen molar-refractivity contribution < 1.29 is 44.1 Å². The second-order valence-electron chi connectivity index (χ2n) is 7.07. The van der Waals surface area contributed by atoms with Gasteiger partial charge < -0.3 is 9.64 Å². The van der Waals surface area contributed by atoms with Crippen molar-refractivity contribution in [1.29, 1.82) is 0 Å². The minimum atomic E-state index is -5.84. The fraction of sp³-hybridized carbons (Fsp3) is 0.714. The predicted molar refractivity (Wildman–Crippen MR) is 98.3 cm³/mol. The van der Waals surface area contributed by atoms with Crippen molar-refractivity contribution in [1.82, 2.24) is 18.2 Å². The lowest BCUT2D eigenvalue weighted by atomic mass is 10.2. The smallest absolute Gasteiger partial charge is 0.444 e. The van der Waals surface area contributed by atoms with E-state index in [1.165, 1.54) is 21.6 Å². The van der Waals surface area contributed by atoms with Gasteiger partial charge in [0.1, 0.15) is 11.4 Å². The van der Waals surface area contributed by atoms with E-state index in [9.17, 15) is 26.4 Å². The molecule has 1 aliphatic heterocycles. The molecule has 1 saturated heterocycles. The van der Waals surface area contributed by atoms with Gasteiger partial charge in [0.05, 0.1) is 0 Å². The van der Waals surface area contributed by atoms with Crippen LogP contribution in [0.15, 0.2) is 12.4 Å². The summed E-state index contributed by atoms with van der Waals surface area (Å²) in [4.78, 5) is 17.4. The van der Waals surface area contributed by atoms with Gasteiger partial charge in [-0.3, -0.25) is 4.55 Å². The average molecular weight is 480 g/mol. The zero-order valence-corrected chi connectivity index (χ0v) is 18.3. The third kappa shape index (κ3) is 7.10. The van der Waals surface area contributed by atoms with Crippen LogP contribution < -0.4 is 0 Å². The van der Waals surface area contributed by atoms with Crippen molar-refractivity contribution in [3.8, 4) is 0 Å². The highest BCUT2D eigenvalue weighted by atomic mass is 32.2. The first kappa shape index (κ1) is 26.1. The molecule has 1 aromatic heterocycles. The van der Waals surface area contributed by atoms with Crippen LogP contribution in [0, 0.1) is 6.92 Å². The maximum absolute atomic E-state index is 12.5. The van der Waals surface area contributed by atoms with Crippen molar-refractivity contribution >= 4 is 26.4 Å². The van der Waals surface area contributed by atoms with E-state index in [1.807, 2.05) is 0 Å². The van der Waals surface area contributed by atoms with Gasteiger partial charge in [0, 0.05) is 38.6 Å². The van der Waals surface area contributed by atoms with E-state index in [1.54, 1.807) is 27.7 Å². The van der Waals surface area contributed by atoms with Crippen LogP contribution in [0.5, 0.6) is 0 Å². The fourth-order valence-corrected chi connectivity index (χ4v) is 3.63. The van der Waals surface area contributed by atoms with E-state index in [2.05, 4.69) is 4.98 Å². The lowest BCUT2D eigenvalue weighted by Gasteiger charge is -2.35. The number of carbonyl (C=O) groups excluding carboxylic acids is 1. The Morgan fingerprint density at radius 3 is 1.90 bits per heavy atom.